The number of rotatable bonds is 5. The lowest BCUT2D eigenvalue weighted by atomic mass is 10.2. The monoisotopic (exact) mass is 372 g/mol. The first kappa shape index (κ1) is 17.7. The van der Waals surface area contributed by atoms with Crippen molar-refractivity contribution in [1.82, 2.24) is 0 Å². The molecule has 4 nitrogen and oxygen atoms in total. The van der Waals surface area contributed by atoms with E-state index in [-0.39, 0.29) is 0 Å². The largest absolute Gasteiger partial charge is 0.450 e. The van der Waals surface area contributed by atoms with E-state index in [0.29, 0.717) is 33.9 Å². The highest BCUT2D eigenvalue weighted by molar-refractivity contribution is 6.42. The lowest BCUT2D eigenvalue weighted by molar-refractivity contribution is 0.168. The number of ether oxygens (including phenoxy) is 1. The Hall–Kier alpha value is -1.62. The third-order valence-corrected chi connectivity index (χ3v) is 4.01. The van der Waals surface area contributed by atoms with E-state index in [1.165, 1.54) is 0 Å². The number of anilines is 2. The molecule has 1 amide bonds. The fourth-order valence-corrected chi connectivity index (χ4v) is 2.41. The van der Waals surface area contributed by atoms with E-state index >= 15 is 0 Å². The number of benzene rings is 2. The van der Waals surface area contributed by atoms with Crippen LogP contribution in [0.25, 0.3) is 0 Å². The molecule has 0 unspecified atom stereocenters. The summed E-state index contributed by atoms with van der Waals surface area (Å²) in [6.45, 7) is 2.59. The molecule has 0 atom stereocenters. The zero-order chi connectivity index (χ0) is 16.8. The van der Waals surface area contributed by atoms with Gasteiger partial charge in [0, 0.05) is 12.2 Å². The first-order valence-corrected chi connectivity index (χ1v) is 8.04. The van der Waals surface area contributed by atoms with Crippen molar-refractivity contribution in [3.05, 3.63) is 57.0 Å². The van der Waals surface area contributed by atoms with Crippen molar-refractivity contribution in [3.8, 4) is 0 Å². The molecule has 0 heterocycles. The van der Waals surface area contributed by atoms with Gasteiger partial charge in [0.15, 0.2) is 0 Å². The highest BCUT2D eigenvalue weighted by atomic mass is 35.5. The zero-order valence-corrected chi connectivity index (χ0v) is 14.6. The standard InChI is InChI=1S/C16H15Cl3N2O2/c1-2-23-16(22)21-15-6-3-10(7-14(15)19)9-20-11-4-5-12(17)13(18)8-11/h3-8,20H,2,9H2,1H3,(H,21,22). The maximum Gasteiger partial charge on any atom is 0.411 e. The van der Waals surface area contributed by atoms with Gasteiger partial charge in [-0.3, -0.25) is 5.32 Å². The van der Waals surface area contributed by atoms with E-state index in [9.17, 15) is 4.79 Å². The Kier molecular flexibility index (Phi) is 6.39. The van der Waals surface area contributed by atoms with Gasteiger partial charge in [-0.05, 0) is 42.8 Å². The summed E-state index contributed by atoms with van der Waals surface area (Å²) < 4.78 is 4.81. The van der Waals surface area contributed by atoms with Gasteiger partial charge in [0.05, 0.1) is 27.4 Å². The smallest absolute Gasteiger partial charge is 0.411 e. The molecule has 0 bridgehead atoms. The number of amides is 1. The molecule has 0 saturated heterocycles. The summed E-state index contributed by atoms with van der Waals surface area (Å²) in [5.74, 6) is 0. The van der Waals surface area contributed by atoms with Crippen molar-refractivity contribution in [3.63, 3.8) is 0 Å². The molecule has 7 heteroatoms. The summed E-state index contributed by atoms with van der Waals surface area (Å²) >= 11 is 18.0. The van der Waals surface area contributed by atoms with Crippen molar-refractivity contribution in [2.45, 2.75) is 13.5 Å². The van der Waals surface area contributed by atoms with Gasteiger partial charge in [0.1, 0.15) is 0 Å². The molecule has 0 aliphatic carbocycles. The van der Waals surface area contributed by atoms with Crippen molar-refractivity contribution in [2.24, 2.45) is 0 Å². The average Bonchev–Trinajstić information content (AvgIpc) is 2.51. The van der Waals surface area contributed by atoms with Crippen LogP contribution < -0.4 is 10.6 Å². The molecule has 0 aliphatic heterocycles. The number of nitrogens with one attached hydrogen (secondary N) is 2. The van der Waals surface area contributed by atoms with Crippen molar-refractivity contribution >= 4 is 52.3 Å². The van der Waals surface area contributed by atoms with Gasteiger partial charge in [-0.25, -0.2) is 4.79 Å². The minimum absolute atomic E-state index is 0.301. The maximum absolute atomic E-state index is 11.4. The number of carbonyl (C=O) groups is 1. The van der Waals surface area contributed by atoms with Gasteiger partial charge in [-0.1, -0.05) is 40.9 Å². The number of halogens is 3. The van der Waals surface area contributed by atoms with Crippen LogP contribution in [0.5, 0.6) is 0 Å². The Morgan fingerprint density at radius 3 is 2.48 bits per heavy atom. The zero-order valence-electron chi connectivity index (χ0n) is 12.3. The molecule has 0 aliphatic rings. The van der Waals surface area contributed by atoms with Crippen LogP contribution in [-0.2, 0) is 11.3 Å². The normalized spacial score (nSPS) is 10.3. The topological polar surface area (TPSA) is 50.4 Å². The van der Waals surface area contributed by atoms with E-state index in [2.05, 4.69) is 10.6 Å². The van der Waals surface area contributed by atoms with Crippen molar-refractivity contribution < 1.29 is 9.53 Å². The average molecular weight is 374 g/mol. The predicted molar refractivity (Wildman–Crippen MR) is 95.9 cm³/mol. The molecule has 0 fully saturated rings. The van der Waals surface area contributed by atoms with Crippen molar-refractivity contribution in [2.75, 3.05) is 17.2 Å². The van der Waals surface area contributed by atoms with E-state index in [1.807, 2.05) is 12.1 Å². The molecular weight excluding hydrogens is 359 g/mol. The molecule has 0 saturated carbocycles. The molecule has 0 aromatic heterocycles. The quantitative estimate of drug-likeness (QED) is 0.693. The van der Waals surface area contributed by atoms with Crippen molar-refractivity contribution in [1.29, 1.82) is 0 Å². The summed E-state index contributed by atoms with van der Waals surface area (Å²) in [5, 5.41) is 7.24. The molecule has 2 aromatic carbocycles. The molecular formula is C16H15Cl3N2O2. The van der Waals surface area contributed by atoms with Crippen LogP contribution in [0.3, 0.4) is 0 Å². The predicted octanol–water partition coefficient (Wildman–Crippen LogP) is 5.83. The third-order valence-electron chi connectivity index (χ3n) is 2.96. The van der Waals surface area contributed by atoms with Gasteiger partial charge in [0.25, 0.3) is 0 Å². The van der Waals surface area contributed by atoms with E-state index in [1.54, 1.807) is 31.2 Å². The summed E-state index contributed by atoms with van der Waals surface area (Å²) in [4.78, 5) is 11.4. The molecule has 2 rings (SSSR count). The molecule has 0 radical (unpaired) electrons. The van der Waals surface area contributed by atoms with Gasteiger partial charge in [0.2, 0.25) is 0 Å². The highest BCUT2D eigenvalue weighted by Crippen LogP contribution is 2.26. The second-order valence-electron chi connectivity index (χ2n) is 4.64. The molecule has 23 heavy (non-hydrogen) atoms. The number of hydrogen-bond donors (Lipinski definition) is 2. The SMILES string of the molecule is CCOC(=O)Nc1ccc(CNc2ccc(Cl)c(Cl)c2)cc1Cl. The number of hydrogen-bond acceptors (Lipinski definition) is 3. The van der Waals surface area contributed by atoms with Crippen LogP contribution >= 0.6 is 34.8 Å². The first-order chi connectivity index (χ1) is 11.0. The van der Waals surface area contributed by atoms with E-state index in [0.717, 1.165) is 11.3 Å². The summed E-state index contributed by atoms with van der Waals surface area (Å²) in [5.41, 5.74) is 2.31. The van der Waals surface area contributed by atoms with Gasteiger partial charge >= 0.3 is 6.09 Å². The fourth-order valence-electron chi connectivity index (χ4n) is 1.86. The molecule has 2 N–H and O–H groups in total. The maximum atomic E-state index is 11.4. The van der Waals surface area contributed by atoms with Crippen LogP contribution in [0, 0.1) is 0 Å². The van der Waals surface area contributed by atoms with Gasteiger partial charge in [-0.2, -0.15) is 0 Å². The molecule has 0 spiro atoms. The Balaban J connectivity index is 1.99. The lowest BCUT2D eigenvalue weighted by Crippen LogP contribution is -2.13. The number of carbonyl (C=O) groups excluding carboxylic acids is 1. The lowest BCUT2D eigenvalue weighted by Gasteiger charge is -2.11. The fraction of sp³-hybridized carbons (Fsp3) is 0.188. The summed E-state index contributed by atoms with van der Waals surface area (Å²) in [7, 11) is 0. The minimum Gasteiger partial charge on any atom is -0.450 e. The Labute approximate surface area is 149 Å². The van der Waals surface area contributed by atoms with Crippen LogP contribution in [0.4, 0.5) is 16.2 Å². The van der Waals surface area contributed by atoms with Crippen LogP contribution in [0.2, 0.25) is 15.1 Å². The Morgan fingerprint density at radius 2 is 1.83 bits per heavy atom. The van der Waals surface area contributed by atoms with E-state index in [4.69, 9.17) is 39.5 Å². The summed E-state index contributed by atoms with van der Waals surface area (Å²) in [6.07, 6.45) is -0.531. The second kappa shape index (κ2) is 8.29. The second-order valence-corrected chi connectivity index (χ2v) is 5.86. The Bertz CT molecular complexity index is 708. The Morgan fingerprint density at radius 1 is 1.04 bits per heavy atom. The van der Waals surface area contributed by atoms with Gasteiger partial charge < -0.3 is 10.1 Å². The van der Waals surface area contributed by atoms with Gasteiger partial charge in [-0.15, -0.1) is 0 Å². The van der Waals surface area contributed by atoms with E-state index < -0.39 is 6.09 Å². The highest BCUT2D eigenvalue weighted by Gasteiger charge is 2.07. The third kappa shape index (κ3) is 5.20. The molecule has 2 aromatic rings. The summed E-state index contributed by atoms with van der Waals surface area (Å²) in [6, 6.07) is 10.7. The minimum atomic E-state index is -0.531. The van der Waals surface area contributed by atoms with Crippen LogP contribution in [0.15, 0.2) is 36.4 Å². The molecule has 122 valence electrons. The van der Waals surface area contributed by atoms with Crippen LogP contribution in [-0.4, -0.2) is 12.7 Å². The first-order valence-electron chi connectivity index (χ1n) is 6.90. The van der Waals surface area contributed by atoms with Crippen LogP contribution in [0.1, 0.15) is 12.5 Å².